The number of esters is 1. The van der Waals surface area contributed by atoms with Gasteiger partial charge in [-0.15, -0.1) is 11.3 Å². The van der Waals surface area contributed by atoms with E-state index < -0.39 is 5.60 Å². The third-order valence-corrected chi connectivity index (χ3v) is 5.98. The van der Waals surface area contributed by atoms with Crippen molar-refractivity contribution < 1.29 is 23.7 Å². The summed E-state index contributed by atoms with van der Waals surface area (Å²) in [5.74, 6) is 1.67. The summed E-state index contributed by atoms with van der Waals surface area (Å²) in [7, 11) is 3.19. The second kappa shape index (κ2) is 10.2. The fourth-order valence-electron chi connectivity index (χ4n) is 3.36. The lowest BCUT2D eigenvalue weighted by Crippen LogP contribution is -2.23. The van der Waals surface area contributed by atoms with Crippen molar-refractivity contribution in [3.05, 3.63) is 40.6 Å². The van der Waals surface area contributed by atoms with Crippen LogP contribution in [-0.2, 0) is 9.53 Å². The Morgan fingerprint density at radius 3 is 2.34 bits per heavy atom. The molecule has 1 aromatic heterocycles. The summed E-state index contributed by atoms with van der Waals surface area (Å²) in [6.07, 6.45) is 2.77. The number of hydrogen-bond donors (Lipinski definition) is 0. The second-order valence-corrected chi connectivity index (χ2v) is 9.62. The molecular formula is C25H30O6S. The molecule has 0 spiro atoms. The third-order valence-electron chi connectivity index (χ3n) is 4.87. The molecule has 32 heavy (non-hydrogen) atoms. The highest BCUT2D eigenvalue weighted by Gasteiger charge is 2.16. The molecule has 0 radical (unpaired) electrons. The molecule has 7 heteroatoms. The van der Waals surface area contributed by atoms with Crippen molar-refractivity contribution in [3.63, 3.8) is 0 Å². The maximum atomic E-state index is 13.0. The molecule has 0 aliphatic heterocycles. The van der Waals surface area contributed by atoms with E-state index in [9.17, 15) is 9.59 Å². The fourth-order valence-corrected chi connectivity index (χ4v) is 4.47. The maximum absolute atomic E-state index is 13.0. The van der Waals surface area contributed by atoms with E-state index in [-0.39, 0.29) is 11.4 Å². The molecule has 0 atom stereocenters. The quantitative estimate of drug-likeness (QED) is 0.232. The fraction of sp³-hybridized carbons (Fsp3) is 0.440. The Morgan fingerprint density at radius 2 is 1.66 bits per heavy atom. The highest BCUT2D eigenvalue weighted by Crippen LogP contribution is 2.36. The number of carbonyl (C=O) groups excluding carboxylic acids is 1. The minimum Gasteiger partial charge on any atom is -0.497 e. The molecule has 0 fully saturated rings. The van der Waals surface area contributed by atoms with Crippen LogP contribution in [-0.4, -0.2) is 32.4 Å². The number of unbranched alkanes of at least 4 members (excludes halogenated alkanes) is 2. The predicted molar refractivity (Wildman–Crippen MR) is 129 cm³/mol. The van der Waals surface area contributed by atoms with Gasteiger partial charge in [0.2, 0.25) is 0 Å². The SMILES string of the molecule is COc1ccc2c(=O)c3cc(OCCCCCC(=O)OC(C)(C)C)c(OC)cc3sc2c1. The van der Waals surface area contributed by atoms with Gasteiger partial charge >= 0.3 is 5.97 Å². The summed E-state index contributed by atoms with van der Waals surface area (Å²) in [6.45, 7) is 6.06. The first-order valence-corrected chi connectivity index (χ1v) is 11.5. The van der Waals surface area contributed by atoms with Gasteiger partial charge < -0.3 is 18.9 Å². The van der Waals surface area contributed by atoms with Crippen molar-refractivity contribution in [2.24, 2.45) is 0 Å². The summed E-state index contributed by atoms with van der Waals surface area (Å²) in [6, 6.07) is 9.06. The third kappa shape index (κ3) is 5.91. The van der Waals surface area contributed by atoms with Gasteiger partial charge in [0.1, 0.15) is 11.4 Å². The molecule has 0 saturated heterocycles. The lowest BCUT2D eigenvalue weighted by atomic mass is 10.1. The molecule has 1 heterocycles. The number of fused-ring (bicyclic) bond motifs is 2. The Labute approximate surface area is 192 Å². The van der Waals surface area contributed by atoms with Gasteiger partial charge in [-0.2, -0.15) is 0 Å². The Hall–Kier alpha value is -2.80. The molecular weight excluding hydrogens is 428 g/mol. The van der Waals surface area contributed by atoms with E-state index in [0.717, 1.165) is 28.7 Å². The molecule has 3 aromatic rings. The van der Waals surface area contributed by atoms with Crippen LogP contribution < -0.4 is 19.6 Å². The zero-order valence-electron chi connectivity index (χ0n) is 19.3. The number of methoxy groups -OCH3 is 2. The standard InChI is InChI=1S/C25H30O6S/c1-25(2,3)31-23(26)9-7-6-8-12-30-20-14-18-22(15-19(20)29-5)32-21-13-16(28-4)10-11-17(21)24(18)27/h10-11,13-15H,6-9,12H2,1-5H3. The number of hydrogen-bond acceptors (Lipinski definition) is 7. The smallest absolute Gasteiger partial charge is 0.306 e. The van der Waals surface area contributed by atoms with Crippen LogP contribution in [0.2, 0.25) is 0 Å². The van der Waals surface area contributed by atoms with Gasteiger partial charge in [-0.1, -0.05) is 0 Å². The first-order chi connectivity index (χ1) is 15.2. The van der Waals surface area contributed by atoms with Crippen molar-refractivity contribution in [1.29, 1.82) is 0 Å². The topological polar surface area (TPSA) is 71.1 Å². The van der Waals surface area contributed by atoms with Gasteiger partial charge in [-0.3, -0.25) is 9.59 Å². The monoisotopic (exact) mass is 458 g/mol. The summed E-state index contributed by atoms with van der Waals surface area (Å²) in [5, 5.41) is 1.26. The first kappa shape index (κ1) is 23.9. The number of rotatable bonds is 9. The average Bonchev–Trinajstić information content (AvgIpc) is 2.74. The molecule has 0 aliphatic rings. The van der Waals surface area contributed by atoms with Crippen molar-refractivity contribution in [1.82, 2.24) is 0 Å². The molecule has 0 saturated carbocycles. The van der Waals surface area contributed by atoms with Crippen molar-refractivity contribution in [2.75, 3.05) is 20.8 Å². The zero-order valence-corrected chi connectivity index (χ0v) is 20.1. The van der Waals surface area contributed by atoms with Crippen LogP contribution >= 0.6 is 11.3 Å². The van der Waals surface area contributed by atoms with Crippen LogP contribution in [0.15, 0.2) is 35.1 Å². The largest absolute Gasteiger partial charge is 0.497 e. The van der Waals surface area contributed by atoms with Crippen LogP contribution in [0.4, 0.5) is 0 Å². The normalized spacial score (nSPS) is 11.5. The van der Waals surface area contributed by atoms with Crippen molar-refractivity contribution >= 4 is 37.5 Å². The lowest BCUT2D eigenvalue weighted by molar-refractivity contribution is -0.154. The minimum atomic E-state index is -0.453. The Bertz CT molecular complexity index is 1160. The van der Waals surface area contributed by atoms with Crippen LogP contribution in [0.5, 0.6) is 17.2 Å². The summed E-state index contributed by atoms with van der Waals surface area (Å²) < 4.78 is 23.7. The molecule has 0 unspecified atom stereocenters. The first-order valence-electron chi connectivity index (χ1n) is 10.7. The summed E-state index contributed by atoms with van der Waals surface area (Å²) >= 11 is 1.52. The molecule has 0 bridgehead atoms. The second-order valence-electron chi connectivity index (χ2n) is 8.54. The van der Waals surface area contributed by atoms with Crippen LogP contribution in [0.25, 0.3) is 20.2 Å². The van der Waals surface area contributed by atoms with Crippen LogP contribution in [0, 0.1) is 0 Å². The Kier molecular flexibility index (Phi) is 7.61. The predicted octanol–water partition coefficient (Wildman–Crippen LogP) is 5.71. The van der Waals surface area contributed by atoms with E-state index in [1.807, 2.05) is 32.9 Å². The van der Waals surface area contributed by atoms with E-state index in [4.69, 9.17) is 18.9 Å². The number of benzene rings is 2. The van der Waals surface area contributed by atoms with E-state index in [2.05, 4.69) is 0 Å². The lowest BCUT2D eigenvalue weighted by Gasteiger charge is -2.19. The highest BCUT2D eigenvalue weighted by atomic mass is 32.1. The molecule has 6 nitrogen and oxygen atoms in total. The molecule has 0 aliphatic carbocycles. The van der Waals surface area contributed by atoms with E-state index >= 15 is 0 Å². The molecule has 0 amide bonds. The zero-order chi connectivity index (χ0) is 23.3. The van der Waals surface area contributed by atoms with Gasteiger partial charge in [0, 0.05) is 32.7 Å². The summed E-state index contributed by atoms with van der Waals surface area (Å²) in [4.78, 5) is 24.8. The molecule has 2 aromatic carbocycles. The maximum Gasteiger partial charge on any atom is 0.306 e. The van der Waals surface area contributed by atoms with Gasteiger partial charge in [0.15, 0.2) is 16.9 Å². The van der Waals surface area contributed by atoms with Gasteiger partial charge in [-0.05, 0) is 64.3 Å². The Morgan fingerprint density at radius 1 is 0.906 bits per heavy atom. The van der Waals surface area contributed by atoms with Crippen LogP contribution in [0.3, 0.4) is 0 Å². The Balaban J connectivity index is 1.68. The number of carbonyl (C=O) groups is 1. The highest BCUT2D eigenvalue weighted by molar-refractivity contribution is 7.24. The van der Waals surface area contributed by atoms with E-state index in [1.165, 1.54) is 11.3 Å². The van der Waals surface area contributed by atoms with Gasteiger partial charge in [0.25, 0.3) is 0 Å². The van der Waals surface area contributed by atoms with Crippen molar-refractivity contribution in [2.45, 2.75) is 52.1 Å². The van der Waals surface area contributed by atoms with Crippen molar-refractivity contribution in [3.8, 4) is 17.2 Å². The van der Waals surface area contributed by atoms with E-state index in [1.54, 1.807) is 32.4 Å². The van der Waals surface area contributed by atoms with Gasteiger partial charge in [-0.25, -0.2) is 0 Å². The minimum absolute atomic E-state index is 0.0405. The van der Waals surface area contributed by atoms with Crippen LogP contribution in [0.1, 0.15) is 46.5 Å². The molecule has 0 N–H and O–H groups in total. The van der Waals surface area contributed by atoms with Gasteiger partial charge in [0.05, 0.1) is 20.8 Å². The number of ether oxygens (including phenoxy) is 4. The molecule has 172 valence electrons. The van der Waals surface area contributed by atoms with E-state index in [0.29, 0.717) is 41.0 Å². The summed E-state index contributed by atoms with van der Waals surface area (Å²) in [5.41, 5.74) is -0.493. The average molecular weight is 459 g/mol. The molecule has 3 rings (SSSR count).